The number of nitrogens with one attached hydrogen (secondary N) is 2. The smallest absolute Gasteiger partial charge is 0.244 e. The molecule has 1 aliphatic heterocycles. The van der Waals surface area contributed by atoms with Crippen molar-refractivity contribution in [2.45, 2.75) is 45.7 Å². The van der Waals surface area contributed by atoms with E-state index in [1.165, 1.54) is 6.07 Å². The van der Waals surface area contributed by atoms with Gasteiger partial charge in [-0.1, -0.05) is 36.2 Å². The van der Waals surface area contributed by atoms with Crippen LogP contribution in [-0.4, -0.2) is 35.4 Å². The molecule has 34 heavy (non-hydrogen) atoms. The molecule has 10 heteroatoms. The number of halogens is 1. The summed E-state index contributed by atoms with van der Waals surface area (Å²) in [5.41, 5.74) is 2.73. The Kier molecular flexibility index (Phi) is 6.06. The number of benzene rings is 2. The fourth-order valence-corrected chi connectivity index (χ4v) is 4.38. The second kappa shape index (κ2) is 9.30. The minimum absolute atomic E-state index is 0.0837. The molecule has 2 N–H and O–H groups in total. The summed E-state index contributed by atoms with van der Waals surface area (Å²) in [4.78, 5) is 12.9. The molecule has 0 fully saturated rings. The molecular weight excluding hydrogens is 453 g/mol. The average Bonchev–Trinajstić information content (AvgIpc) is 3.30. The second-order valence-electron chi connectivity index (χ2n) is 8.45. The molecule has 0 aliphatic carbocycles. The van der Waals surface area contributed by atoms with Crippen molar-refractivity contribution in [3.63, 3.8) is 0 Å². The highest BCUT2D eigenvalue weighted by atomic mass is 32.1. The number of aromatic nitrogens is 6. The van der Waals surface area contributed by atoms with Crippen molar-refractivity contribution in [2.24, 2.45) is 0 Å². The maximum atomic E-state index is 14.6. The molecule has 0 spiro atoms. The van der Waals surface area contributed by atoms with Gasteiger partial charge in [0.1, 0.15) is 18.2 Å². The fraction of sp³-hybridized carbons (Fsp3) is 0.292. The topological polar surface area (TPSA) is 93.4 Å². The summed E-state index contributed by atoms with van der Waals surface area (Å²) < 4.78 is 18.6. The summed E-state index contributed by atoms with van der Waals surface area (Å²) in [6, 6.07) is 12.4. The Labute approximate surface area is 200 Å². The van der Waals surface area contributed by atoms with E-state index in [2.05, 4.69) is 30.3 Å². The van der Waals surface area contributed by atoms with Crippen LogP contribution in [-0.2, 0) is 24.3 Å². The van der Waals surface area contributed by atoms with Gasteiger partial charge in [-0.2, -0.15) is 5.10 Å². The molecule has 174 valence electrons. The summed E-state index contributed by atoms with van der Waals surface area (Å²) in [5.74, 6) is 1.23. The fourth-order valence-electron chi connectivity index (χ4n) is 4.18. The van der Waals surface area contributed by atoms with Crippen LogP contribution >= 0.6 is 12.2 Å². The number of fused-ring (bicyclic) bond motifs is 1. The monoisotopic (exact) mass is 477 g/mol. The van der Waals surface area contributed by atoms with Gasteiger partial charge >= 0.3 is 0 Å². The third kappa shape index (κ3) is 4.41. The van der Waals surface area contributed by atoms with Gasteiger partial charge in [0.25, 0.3) is 0 Å². The molecular formula is C24H24FN7OS. The molecule has 8 nitrogen and oxygen atoms in total. The van der Waals surface area contributed by atoms with Crippen LogP contribution < -0.4 is 5.32 Å². The van der Waals surface area contributed by atoms with Gasteiger partial charge in [0, 0.05) is 24.1 Å². The molecule has 0 saturated carbocycles. The first-order chi connectivity index (χ1) is 16.5. The third-order valence-electron chi connectivity index (χ3n) is 5.98. The SMILES string of the molecule is Cc1ccc(-c2n[nH]c(=S)n2CC(=O)Nc2cc(-c3nnc4n3CCCCC4)ccc2F)cc1. The Hall–Kier alpha value is -3.66. The predicted octanol–water partition coefficient (Wildman–Crippen LogP) is 4.68. The highest BCUT2D eigenvalue weighted by Crippen LogP contribution is 2.27. The summed E-state index contributed by atoms with van der Waals surface area (Å²) >= 11 is 5.32. The number of amides is 1. The maximum Gasteiger partial charge on any atom is 0.244 e. The summed E-state index contributed by atoms with van der Waals surface area (Å²) in [6.45, 7) is 2.72. The predicted molar refractivity (Wildman–Crippen MR) is 129 cm³/mol. The molecule has 2 aromatic heterocycles. The van der Waals surface area contributed by atoms with E-state index in [9.17, 15) is 9.18 Å². The van der Waals surface area contributed by atoms with E-state index in [4.69, 9.17) is 12.2 Å². The number of hydrogen-bond acceptors (Lipinski definition) is 5. The van der Waals surface area contributed by atoms with Crippen molar-refractivity contribution in [1.29, 1.82) is 0 Å². The lowest BCUT2D eigenvalue weighted by molar-refractivity contribution is -0.116. The second-order valence-corrected chi connectivity index (χ2v) is 8.84. The van der Waals surface area contributed by atoms with Crippen LogP contribution in [0.4, 0.5) is 10.1 Å². The number of nitrogens with zero attached hydrogens (tertiary/aromatic N) is 5. The van der Waals surface area contributed by atoms with Crippen molar-refractivity contribution < 1.29 is 9.18 Å². The van der Waals surface area contributed by atoms with Crippen molar-refractivity contribution in [1.82, 2.24) is 29.5 Å². The highest BCUT2D eigenvalue weighted by Gasteiger charge is 2.18. The van der Waals surface area contributed by atoms with Gasteiger partial charge in [-0.25, -0.2) is 4.39 Å². The number of rotatable bonds is 5. The lowest BCUT2D eigenvalue weighted by atomic mass is 10.1. The Morgan fingerprint density at radius 3 is 2.71 bits per heavy atom. The molecule has 4 aromatic rings. The van der Waals surface area contributed by atoms with Gasteiger partial charge in [-0.3, -0.25) is 14.5 Å². The Morgan fingerprint density at radius 1 is 1.09 bits per heavy atom. The van der Waals surface area contributed by atoms with E-state index in [0.29, 0.717) is 22.0 Å². The summed E-state index contributed by atoms with van der Waals surface area (Å²) in [6.07, 6.45) is 4.17. The van der Waals surface area contributed by atoms with Gasteiger partial charge in [0.05, 0.1) is 5.69 Å². The van der Waals surface area contributed by atoms with Gasteiger partial charge < -0.3 is 9.88 Å². The maximum absolute atomic E-state index is 14.6. The summed E-state index contributed by atoms with van der Waals surface area (Å²) in [5, 5.41) is 18.3. The number of anilines is 1. The zero-order valence-electron chi connectivity index (χ0n) is 18.7. The Bertz CT molecular complexity index is 1400. The normalized spacial score (nSPS) is 13.4. The van der Waals surface area contributed by atoms with Gasteiger partial charge in [-0.15, -0.1) is 10.2 Å². The number of carbonyl (C=O) groups excluding carboxylic acids is 1. The number of aryl methyl sites for hydroxylation is 2. The van der Waals surface area contributed by atoms with Crippen LogP contribution in [0.15, 0.2) is 42.5 Å². The first-order valence-corrected chi connectivity index (χ1v) is 11.6. The Balaban J connectivity index is 1.39. The van der Waals surface area contributed by atoms with E-state index in [0.717, 1.165) is 49.2 Å². The van der Waals surface area contributed by atoms with Crippen molar-refractivity contribution in [3.8, 4) is 22.8 Å². The van der Waals surface area contributed by atoms with Crippen LogP contribution in [0.25, 0.3) is 22.8 Å². The van der Waals surface area contributed by atoms with Crippen LogP contribution in [0.3, 0.4) is 0 Å². The van der Waals surface area contributed by atoms with E-state index in [-0.39, 0.29) is 12.2 Å². The van der Waals surface area contributed by atoms with Crippen LogP contribution in [0.1, 0.15) is 30.7 Å². The van der Waals surface area contributed by atoms with Crippen molar-refractivity contribution in [2.75, 3.05) is 5.32 Å². The molecule has 2 aromatic carbocycles. The van der Waals surface area contributed by atoms with Crippen LogP contribution in [0, 0.1) is 17.5 Å². The van der Waals surface area contributed by atoms with E-state index >= 15 is 0 Å². The lowest BCUT2D eigenvalue weighted by Gasteiger charge is -2.11. The zero-order valence-corrected chi connectivity index (χ0v) is 19.5. The van der Waals surface area contributed by atoms with Gasteiger partial charge in [-0.05, 0) is 50.2 Å². The standard InChI is InChI=1S/C24H24FN7OS/c1-15-6-8-16(9-7-15)22-29-30-24(34)32(22)14-21(33)26-19-13-17(10-11-18(19)25)23-28-27-20-5-3-2-4-12-31(20)23/h6-11,13H,2-5,12,14H2,1H3,(H,26,33)(H,30,34). The minimum Gasteiger partial charge on any atom is -0.322 e. The minimum atomic E-state index is -0.526. The van der Waals surface area contributed by atoms with Gasteiger partial charge in [0.15, 0.2) is 16.4 Å². The molecule has 1 amide bonds. The van der Waals surface area contributed by atoms with Crippen LogP contribution in [0.5, 0.6) is 0 Å². The van der Waals surface area contributed by atoms with Crippen LogP contribution in [0.2, 0.25) is 0 Å². The molecule has 1 aliphatic rings. The van der Waals surface area contributed by atoms with Crippen molar-refractivity contribution >= 4 is 23.8 Å². The molecule has 0 radical (unpaired) electrons. The number of carbonyl (C=O) groups is 1. The highest BCUT2D eigenvalue weighted by molar-refractivity contribution is 7.71. The zero-order chi connectivity index (χ0) is 23.7. The Morgan fingerprint density at radius 2 is 1.88 bits per heavy atom. The number of H-pyrrole nitrogens is 1. The number of aromatic amines is 1. The summed E-state index contributed by atoms with van der Waals surface area (Å²) in [7, 11) is 0. The largest absolute Gasteiger partial charge is 0.322 e. The molecule has 5 rings (SSSR count). The lowest BCUT2D eigenvalue weighted by Crippen LogP contribution is -2.20. The van der Waals surface area contributed by atoms with E-state index < -0.39 is 11.7 Å². The average molecular weight is 478 g/mol. The quantitative estimate of drug-likeness (QED) is 0.407. The van der Waals surface area contributed by atoms with Crippen molar-refractivity contribution in [3.05, 3.63) is 64.4 Å². The molecule has 3 heterocycles. The first-order valence-electron chi connectivity index (χ1n) is 11.2. The molecule has 0 bridgehead atoms. The van der Waals surface area contributed by atoms with E-state index in [1.807, 2.05) is 31.2 Å². The number of hydrogen-bond donors (Lipinski definition) is 2. The first kappa shape index (κ1) is 22.1. The third-order valence-corrected chi connectivity index (χ3v) is 6.29. The van der Waals surface area contributed by atoms with Gasteiger partial charge in [0.2, 0.25) is 5.91 Å². The van der Waals surface area contributed by atoms with E-state index in [1.54, 1.807) is 16.7 Å². The molecule has 0 atom stereocenters. The molecule has 0 unspecified atom stereocenters. The molecule has 0 saturated heterocycles.